The van der Waals surface area contributed by atoms with Crippen LogP contribution in [0.4, 0.5) is 0 Å². The van der Waals surface area contributed by atoms with Gasteiger partial charge in [0, 0.05) is 0 Å². The van der Waals surface area contributed by atoms with Crippen LogP contribution in [-0.4, -0.2) is 55.9 Å². The molecule has 2 aliphatic rings. The first-order chi connectivity index (χ1) is 8.34. The van der Waals surface area contributed by atoms with E-state index in [1.54, 1.807) is 12.5 Å². The van der Waals surface area contributed by atoms with Crippen LogP contribution >= 0.6 is 0 Å². The fourth-order valence-electron chi connectivity index (χ4n) is 1.98. The van der Waals surface area contributed by atoms with Crippen LogP contribution in [-0.2, 0) is 9.47 Å². The molecule has 0 bridgehead atoms. The number of hydrogen-bond donors (Lipinski definition) is 0. The molecule has 0 atom stereocenters. The summed E-state index contributed by atoms with van der Waals surface area (Å²) < 4.78 is 10.4. The number of nitrogens with zero attached hydrogens (tertiary/aromatic N) is 2. The molecule has 0 amide bonds. The van der Waals surface area contributed by atoms with Crippen LogP contribution in [0.1, 0.15) is 12.8 Å². The van der Waals surface area contributed by atoms with Crippen LogP contribution < -0.4 is 0 Å². The van der Waals surface area contributed by atoms with Gasteiger partial charge in [-0.3, -0.25) is 9.80 Å². The fourth-order valence-corrected chi connectivity index (χ4v) is 1.98. The minimum atomic E-state index is -0.166. The molecular formula is C13H20N2O2. The Morgan fingerprint density at radius 3 is 2.65 bits per heavy atom. The topological polar surface area (TPSA) is 24.9 Å². The van der Waals surface area contributed by atoms with Gasteiger partial charge in [-0.1, -0.05) is 11.8 Å². The molecule has 1 saturated heterocycles. The monoisotopic (exact) mass is 236 g/mol. The molecule has 0 radical (unpaired) electrons. The van der Waals surface area contributed by atoms with Gasteiger partial charge >= 0.3 is 0 Å². The second-order valence-corrected chi connectivity index (χ2v) is 4.51. The van der Waals surface area contributed by atoms with Crippen molar-refractivity contribution in [2.75, 3.05) is 39.8 Å². The van der Waals surface area contributed by atoms with E-state index < -0.39 is 0 Å². The quantitative estimate of drug-likeness (QED) is 0.676. The Balaban J connectivity index is 1.58. The van der Waals surface area contributed by atoms with Gasteiger partial charge in [-0.25, -0.2) is 0 Å². The van der Waals surface area contributed by atoms with Gasteiger partial charge in [-0.2, -0.15) is 0 Å². The molecule has 0 aliphatic carbocycles. The fraction of sp³-hybridized carbons (Fsp3) is 0.692. The summed E-state index contributed by atoms with van der Waals surface area (Å²) in [7, 11) is 2.02. The second kappa shape index (κ2) is 6.53. The van der Waals surface area contributed by atoms with Gasteiger partial charge in [0.05, 0.1) is 19.6 Å². The smallest absolute Gasteiger partial charge is 0.252 e. The largest absolute Gasteiger partial charge is 0.458 e. The van der Waals surface area contributed by atoms with Crippen molar-refractivity contribution in [3.63, 3.8) is 0 Å². The molecule has 2 rings (SSSR count). The van der Waals surface area contributed by atoms with Crippen LogP contribution in [0.5, 0.6) is 0 Å². The van der Waals surface area contributed by atoms with E-state index in [-0.39, 0.29) is 6.29 Å². The predicted molar refractivity (Wildman–Crippen MR) is 66.0 cm³/mol. The third-order valence-electron chi connectivity index (χ3n) is 2.95. The molecule has 17 heavy (non-hydrogen) atoms. The van der Waals surface area contributed by atoms with Gasteiger partial charge < -0.3 is 9.47 Å². The number of hydrogen-bond acceptors (Lipinski definition) is 4. The molecule has 1 fully saturated rings. The zero-order chi connectivity index (χ0) is 11.9. The lowest BCUT2D eigenvalue weighted by atomic mass is 10.4. The first-order valence-corrected chi connectivity index (χ1v) is 6.17. The highest BCUT2D eigenvalue weighted by Crippen LogP contribution is 2.06. The molecule has 2 heterocycles. The maximum Gasteiger partial charge on any atom is 0.252 e. The van der Waals surface area contributed by atoms with Crippen molar-refractivity contribution in [2.24, 2.45) is 0 Å². The van der Waals surface area contributed by atoms with Crippen molar-refractivity contribution in [2.45, 2.75) is 19.1 Å². The Kier molecular flexibility index (Phi) is 4.72. The Morgan fingerprint density at radius 2 is 1.94 bits per heavy atom. The first kappa shape index (κ1) is 12.3. The Morgan fingerprint density at radius 1 is 1.24 bits per heavy atom. The van der Waals surface area contributed by atoms with Crippen molar-refractivity contribution in [3.8, 4) is 11.8 Å². The van der Waals surface area contributed by atoms with Crippen molar-refractivity contribution in [1.29, 1.82) is 0 Å². The van der Waals surface area contributed by atoms with Crippen LogP contribution in [0.15, 0.2) is 12.5 Å². The van der Waals surface area contributed by atoms with Crippen molar-refractivity contribution >= 4 is 0 Å². The summed E-state index contributed by atoms with van der Waals surface area (Å²) in [6, 6.07) is 0. The standard InChI is InChI=1S/C13H20N2O2/c1-14(12-13-16-10-11-17-13)6-2-3-7-15-8-4-5-9-15/h10-11,13H,4-9,12H2,1H3. The molecular weight excluding hydrogens is 216 g/mol. The number of ether oxygens (including phenoxy) is 2. The van der Waals surface area contributed by atoms with Crippen LogP contribution in [0.3, 0.4) is 0 Å². The van der Waals surface area contributed by atoms with Gasteiger partial charge in [-0.15, -0.1) is 0 Å². The summed E-state index contributed by atoms with van der Waals surface area (Å²) in [6.07, 6.45) is 5.64. The molecule has 4 heteroatoms. The summed E-state index contributed by atoms with van der Waals surface area (Å²) in [5, 5.41) is 0. The Bertz CT molecular complexity index is 305. The third kappa shape index (κ3) is 4.29. The van der Waals surface area contributed by atoms with Crippen LogP contribution in [0.2, 0.25) is 0 Å². The summed E-state index contributed by atoms with van der Waals surface area (Å²) in [5.41, 5.74) is 0. The Labute approximate surface area is 103 Å². The zero-order valence-electron chi connectivity index (χ0n) is 10.4. The van der Waals surface area contributed by atoms with E-state index in [2.05, 4.69) is 21.6 Å². The first-order valence-electron chi connectivity index (χ1n) is 6.17. The summed E-state index contributed by atoms with van der Waals surface area (Å²) in [4.78, 5) is 4.51. The van der Waals surface area contributed by atoms with E-state index in [0.29, 0.717) is 0 Å². The van der Waals surface area contributed by atoms with Crippen molar-refractivity contribution in [1.82, 2.24) is 9.80 Å². The maximum atomic E-state index is 5.21. The van der Waals surface area contributed by atoms with Gasteiger partial charge in [0.2, 0.25) is 0 Å². The van der Waals surface area contributed by atoms with E-state index in [9.17, 15) is 0 Å². The molecule has 0 saturated carbocycles. The van der Waals surface area contributed by atoms with E-state index in [4.69, 9.17) is 9.47 Å². The second-order valence-electron chi connectivity index (χ2n) is 4.51. The SMILES string of the molecule is CN(CC#CCN1CCCC1)CC1OC=CO1. The van der Waals surface area contributed by atoms with E-state index in [0.717, 1.165) is 19.6 Å². The lowest BCUT2D eigenvalue weighted by Gasteiger charge is -2.17. The highest BCUT2D eigenvalue weighted by atomic mass is 16.7. The van der Waals surface area contributed by atoms with Gasteiger partial charge in [0.15, 0.2) is 0 Å². The molecule has 0 aromatic rings. The Hall–Kier alpha value is -1.18. The molecule has 0 aromatic carbocycles. The average molecular weight is 236 g/mol. The molecule has 0 spiro atoms. The summed E-state index contributed by atoms with van der Waals surface area (Å²) in [6.45, 7) is 4.83. The van der Waals surface area contributed by atoms with Crippen LogP contribution in [0.25, 0.3) is 0 Å². The maximum absolute atomic E-state index is 5.21. The van der Waals surface area contributed by atoms with E-state index in [1.807, 2.05) is 7.05 Å². The van der Waals surface area contributed by atoms with Gasteiger partial charge in [-0.05, 0) is 33.0 Å². The highest BCUT2D eigenvalue weighted by Gasteiger charge is 2.14. The molecule has 2 aliphatic heterocycles. The van der Waals surface area contributed by atoms with E-state index >= 15 is 0 Å². The molecule has 0 N–H and O–H groups in total. The third-order valence-corrected chi connectivity index (χ3v) is 2.95. The average Bonchev–Trinajstić information content (AvgIpc) is 2.96. The molecule has 0 aromatic heterocycles. The minimum absolute atomic E-state index is 0.166. The molecule has 0 unspecified atom stereocenters. The lowest BCUT2D eigenvalue weighted by Crippen LogP contribution is -2.30. The summed E-state index contributed by atoms with van der Waals surface area (Å²) >= 11 is 0. The predicted octanol–water partition coefficient (Wildman–Crippen LogP) is 0.861. The van der Waals surface area contributed by atoms with E-state index in [1.165, 1.54) is 25.9 Å². The molecule has 4 nitrogen and oxygen atoms in total. The van der Waals surface area contributed by atoms with Crippen molar-refractivity contribution < 1.29 is 9.47 Å². The van der Waals surface area contributed by atoms with Crippen molar-refractivity contribution in [3.05, 3.63) is 12.5 Å². The van der Waals surface area contributed by atoms with Crippen LogP contribution in [0, 0.1) is 11.8 Å². The highest BCUT2D eigenvalue weighted by molar-refractivity contribution is 5.03. The molecule has 94 valence electrons. The number of rotatable bonds is 4. The lowest BCUT2D eigenvalue weighted by molar-refractivity contribution is -0.0391. The number of likely N-dealkylation sites (tertiary alicyclic amines) is 1. The normalized spacial score (nSPS) is 20.1. The zero-order valence-corrected chi connectivity index (χ0v) is 10.4. The van der Waals surface area contributed by atoms with Gasteiger partial charge in [0.1, 0.15) is 12.5 Å². The minimum Gasteiger partial charge on any atom is -0.458 e. The van der Waals surface area contributed by atoms with Gasteiger partial charge in [0.25, 0.3) is 6.29 Å². The summed E-state index contributed by atoms with van der Waals surface area (Å²) in [5.74, 6) is 6.41. The number of likely N-dealkylation sites (N-methyl/N-ethyl adjacent to an activating group) is 1.